The lowest BCUT2D eigenvalue weighted by atomic mass is 10.3. The second-order valence-corrected chi connectivity index (χ2v) is 4.67. The summed E-state index contributed by atoms with van der Waals surface area (Å²) < 4.78 is 6.12. The van der Waals surface area contributed by atoms with E-state index in [1.54, 1.807) is 18.2 Å². The lowest BCUT2D eigenvalue weighted by Crippen LogP contribution is -2.30. The van der Waals surface area contributed by atoms with Crippen molar-refractivity contribution in [3.63, 3.8) is 0 Å². The van der Waals surface area contributed by atoms with E-state index < -0.39 is 0 Å². The molecule has 1 aromatic rings. The number of benzene rings is 1. The summed E-state index contributed by atoms with van der Waals surface area (Å²) in [6.07, 6.45) is 2.16. The number of carbonyl (C=O) groups is 1. The maximum Gasteiger partial charge on any atom is 0.258 e. The molecule has 0 saturated heterocycles. The number of carbonyl (C=O) groups excluding carboxylic acids is 1. The van der Waals surface area contributed by atoms with Crippen LogP contribution in [0.2, 0.25) is 0 Å². The van der Waals surface area contributed by atoms with Crippen LogP contribution in [0.4, 0.5) is 5.69 Å². The van der Waals surface area contributed by atoms with Gasteiger partial charge in [0.25, 0.3) is 5.91 Å². The molecule has 1 aliphatic rings. The summed E-state index contributed by atoms with van der Waals surface area (Å²) in [7, 11) is 0. The Balaban J connectivity index is 1.85. The van der Waals surface area contributed by atoms with Crippen LogP contribution in [0, 0.1) is 0 Å². The third-order valence-electron chi connectivity index (χ3n) is 2.26. The topological polar surface area (TPSA) is 64.3 Å². The maximum absolute atomic E-state index is 11.4. The number of amides is 1. The SMILES string of the molecule is Nc1ccc(OCC(=O)NC2CC2)c(Br)c1. The highest BCUT2D eigenvalue weighted by Gasteiger charge is 2.23. The largest absolute Gasteiger partial charge is 0.483 e. The molecule has 86 valence electrons. The normalized spacial score (nSPS) is 14.6. The van der Waals surface area contributed by atoms with Crippen molar-refractivity contribution in [3.05, 3.63) is 22.7 Å². The predicted molar refractivity (Wildman–Crippen MR) is 65.2 cm³/mol. The van der Waals surface area contributed by atoms with Gasteiger partial charge >= 0.3 is 0 Å². The maximum atomic E-state index is 11.4. The molecule has 3 N–H and O–H groups in total. The summed E-state index contributed by atoms with van der Waals surface area (Å²) in [5.74, 6) is 0.548. The molecule has 16 heavy (non-hydrogen) atoms. The molecule has 0 bridgehead atoms. The lowest BCUT2D eigenvalue weighted by Gasteiger charge is -2.08. The fraction of sp³-hybridized carbons (Fsp3) is 0.364. The van der Waals surface area contributed by atoms with Crippen LogP contribution in [0.25, 0.3) is 0 Å². The van der Waals surface area contributed by atoms with Gasteiger partial charge in [0.15, 0.2) is 6.61 Å². The van der Waals surface area contributed by atoms with Crippen LogP contribution >= 0.6 is 15.9 Å². The smallest absolute Gasteiger partial charge is 0.258 e. The Morgan fingerprint density at radius 2 is 2.31 bits per heavy atom. The van der Waals surface area contributed by atoms with Gasteiger partial charge in [-0.1, -0.05) is 0 Å². The molecule has 5 heteroatoms. The van der Waals surface area contributed by atoms with Gasteiger partial charge in [0.05, 0.1) is 4.47 Å². The summed E-state index contributed by atoms with van der Waals surface area (Å²) in [5, 5.41) is 2.85. The number of nitrogens with one attached hydrogen (secondary N) is 1. The van der Waals surface area contributed by atoms with Crippen molar-refractivity contribution in [2.45, 2.75) is 18.9 Å². The average Bonchev–Trinajstić information content (AvgIpc) is 3.00. The van der Waals surface area contributed by atoms with Gasteiger partial charge in [0.1, 0.15) is 5.75 Å². The quantitative estimate of drug-likeness (QED) is 0.827. The van der Waals surface area contributed by atoms with Gasteiger partial charge in [-0.3, -0.25) is 4.79 Å². The highest BCUT2D eigenvalue weighted by atomic mass is 79.9. The highest BCUT2D eigenvalue weighted by Crippen LogP contribution is 2.26. The average molecular weight is 285 g/mol. The Labute approximate surface area is 102 Å². The number of hydrogen-bond donors (Lipinski definition) is 2. The molecule has 0 aromatic heterocycles. The van der Waals surface area contributed by atoms with E-state index in [0.717, 1.165) is 17.3 Å². The monoisotopic (exact) mass is 284 g/mol. The van der Waals surface area contributed by atoms with Crippen LogP contribution in [0.5, 0.6) is 5.75 Å². The molecular formula is C11H13BrN2O2. The van der Waals surface area contributed by atoms with E-state index in [-0.39, 0.29) is 12.5 Å². The zero-order valence-corrected chi connectivity index (χ0v) is 10.3. The second kappa shape index (κ2) is 4.74. The first-order chi connectivity index (χ1) is 7.65. The molecule has 1 amide bonds. The Morgan fingerprint density at radius 1 is 1.56 bits per heavy atom. The minimum Gasteiger partial charge on any atom is -0.483 e. The van der Waals surface area contributed by atoms with E-state index in [4.69, 9.17) is 10.5 Å². The van der Waals surface area contributed by atoms with Crippen LogP contribution in [0.1, 0.15) is 12.8 Å². The zero-order valence-electron chi connectivity index (χ0n) is 8.70. The van der Waals surface area contributed by atoms with Crippen molar-refractivity contribution in [3.8, 4) is 5.75 Å². The molecular weight excluding hydrogens is 272 g/mol. The molecule has 0 spiro atoms. The Bertz CT molecular complexity index is 405. The summed E-state index contributed by atoms with van der Waals surface area (Å²) in [4.78, 5) is 11.4. The number of hydrogen-bond acceptors (Lipinski definition) is 3. The number of nitrogen functional groups attached to an aromatic ring is 1. The summed E-state index contributed by atoms with van der Waals surface area (Å²) >= 11 is 3.32. The molecule has 0 radical (unpaired) electrons. The molecule has 4 nitrogen and oxygen atoms in total. The van der Waals surface area contributed by atoms with Crippen LogP contribution in [0.15, 0.2) is 22.7 Å². The van der Waals surface area contributed by atoms with Crippen LogP contribution in [0.3, 0.4) is 0 Å². The first kappa shape index (κ1) is 11.3. The molecule has 2 rings (SSSR count). The number of halogens is 1. The van der Waals surface area contributed by atoms with Crippen LogP contribution < -0.4 is 15.8 Å². The van der Waals surface area contributed by atoms with Gasteiger partial charge in [-0.2, -0.15) is 0 Å². The van der Waals surface area contributed by atoms with Gasteiger partial charge < -0.3 is 15.8 Å². The molecule has 1 fully saturated rings. The minimum absolute atomic E-state index is 0.0407. The van der Waals surface area contributed by atoms with Crippen LogP contribution in [-0.4, -0.2) is 18.6 Å². The summed E-state index contributed by atoms with van der Waals surface area (Å²) in [6, 6.07) is 5.59. The molecule has 0 aliphatic heterocycles. The van der Waals surface area contributed by atoms with Gasteiger partial charge in [-0.25, -0.2) is 0 Å². The van der Waals surface area contributed by atoms with E-state index in [2.05, 4.69) is 21.2 Å². The zero-order chi connectivity index (χ0) is 11.5. The number of rotatable bonds is 4. The number of anilines is 1. The number of nitrogens with two attached hydrogens (primary N) is 1. The van der Waals surface area contributed by atoms with E-state index in [9.17, 15) is 4.79 Å². The summed E-state index contributed by atoms with van der Waals surface area (Å²) in [5.41, 5.74) is 6.25. The van der Waals surface area contributed by atoms with Gasteiger partial charge in [0, 0.05) is 11.7 Å². The third kappa shape index (κ3) is 3.13. The first-order valence-electron chi connectivity index (χ1n) is 5.12. The highest BCUT2D eigenvalue weighted by molar-refractivity contribution is 9.10. The van der Waals surface area contributed by atoms with Crippen molar-refractivity contribution in [2.24, 2.45) is 0 Å². The third-order valence-corrected chi connectivity index (χ3v) is 2.88. The second-order valence-electron chi connectivity index (χ2n) is 3.82. The predicted octanol–water partition coefficient (Wildman–Crippen LogP) is 1.69. The van der Waals surface area contributed by atoms with E-state index >= 15 is 0 Å². The van der Waals surface area contributed by atoms with Gasteiger partial charge in [-0.15, -0.1) is 0 Å². The van der Waals surface area contributed by atoms with Crippen molar-refractivity contribution in [1.29, 1.82) is 0 Å². The van der Waals surface area contributed by atoms with Crippen molar-refractivity contribution in [1.82, 2.24) is 5.32 Å². The van der Waals surface area contributed by atoms with E-state index in [0.29, 0.717) is 17.5 Å². The number of ether oxygens (including phenoxy) is 1. The first-order valence-corrected chi connectivity index (χ1v) is 5.91. The van der Waals surface area contributed by atoms with Gasteiger partial charge in [-0.05, 0) is 47.0 Å². The molecule has 1 aliphatic carbocycles. The van der Waals surface area contributed by atoms with Crippen molar-refractivity contribution in [2.75, 3.05) is 12.3 Å². The molecule has 1 saturated carbocycles. The fourth-order valence-corrected chi connectivity index (χ4v) is 1.79. The van der Waals surface area contributed by atoms with Crippen molar-refractivity contribution < 1.29 is 9.53 Å². The molecule has 0 unspecified atom stereocenters. The summed E-state index contributed by atoms with van der Waals surface area (Å²) in [6.45, 7) is 0.0407. The molecule has 0 heterocycles. The van der Waals surface area contributed by atoms with Crippen molar-refractivity contribution >= 4 is 27.5 Å². The minimum atomic E-state index is -0.0776. The standard InChI is InChI=1S/C11H13BrN2O2/c12-9-5-7(13)1-4-10(9)16-6-11(15)14-8-2-3-8/h1,4-5,8H,2-3,6,13H2,(H,14,15). The Hall–Kier alpha value is -1.23. The van der Waals surface area contributed by atoms with Crippen LogP contribution in [-0.2, 0) is 4.79 Å². The van der Waals surface area contributed by atoms with Gasteiger partial charge in [0.2, 0.25) is 0 Å². The lowest BCUT2D eigenvalue weighted by molar-refractivity contribution is -0.123. The molecule has 0 atom stereocenters. The van der Waals surface area contributed by atoms with E-state index in [1.807, 2.05) is 0 Å². The molecule has 1 aromatic carbocycles. The Kier molecular flexibility index (Phi) is 3.33. The fourth-order valence-electron chi connectivity index (χ4n) is 1.27. The Morgan fingerprint density at radius 3 is 2.94 bits per heavy atom. The van der Waals surface area contributed by atoms with E-state index in [1.165, 1.54) is 0 Å².